The van der Waals surface area contributed by atoms with Crippen LogP contribution in [0.1, 0.15) is 72.2 Å². The number of hydrogen-bond acceptors (Lipinski definition) is 13. The van der Waals surface area contributed by atoms with E-state index in [4.69, 9.17) is 21.7 Å². The van der Waals surface area contributed by atoms with E-state index >= 15 is 0 Å². The van der Waals surface area contributed by atoms with E-state index in [2.05, 4.69) is 51.0 Å². The summed E-state index contributed by atoms with van der Waals surface area (Å²) in [5.74, 6) is 1.97. The van der Waals surface area contributed by atoms with Crippen LogP contribution in [-0.4, -0.2) is 119 Å². The van der Waals surface area contributed by atoms with Gasteiger partial charge in [-0.2, -0.15) is 5.12 Å². The third-order valence-electron chi connectivity index (χ3n) is 12.6. The van der Waals surface area contributed by atoms with Crippen LogP contribution < -0.4 is 4.90 Å². The molecule has 0 radical (unpaired) electrons. The van der Waals surface area contributed by atoms with E-state index in [9.17, 15) is 20.7 Å². The van der Waals surface area contributed by atoms with Crippen molar-refractivity contribution >= 4 is 45.3 Å². The SMILES string of the molecule is CC1=NN(N2CCC(CN3CCN(Cc4ccc(-n5c(O)nnc5-c5cc(C(C)C)c(O)cc5O)cc4)CC3)CC2)[C@@H]2N=C(c3ccc(Cl)cc3)c3c(sc(C)c3C)N1C2=N. The minimum atomic E-state index is -0.569. The van der Waals surface area contributed by atoms with E-state index in [0.29, 0.717) is 39.4 Å². The number of amidine groups is 2. The number of nitrogens with one attached hydrogen (secondary N) is 1. The molecule has 9 rings (SSSR count). The number of piperidine rings is 1. The highest BCUT2D eigenvalue weighted by atomic mass is 35.5. The Morgan fingerprint density at radius 2 is 1.54 bits per heavy atom. The zero-order valence-corrected chi connectivity index (χ0v) is 36.7. The van der Waals surface area contributed by atoms with Crippen LogP contribution in [-0.2, 0) is 6.54 Å². The summed E-state index contributed by atoms with van der Waals surface area (Å²) >= 11 is 8.00. The predicted molar refractivity (Wildman–Crippen MR) is 242 cm³/mol. The third-order valence-corrected chi connectivity index (χ3v) is 14.0. The van der Waals surface area contributed by atoms with Gasteiger partial charge in [0.1, 0.15) is 22.3 Å². The molecule has 0 saturated carbocycles. The average Bonchev–Trinajstić information content (AvgIpc) is 3.73. The first kappa shape index (κ1) is 41.1. The van der Waals surface area contributed by atoms with Gasteiger partial charge in [0.05, 0.1) is 17.0 Å². The molecular formula is C45H52ClN11O3S. The number of fused-ring (bicyclic) bond motifs is 4. The molecule has 1 atom stereocenters. The normalized spacial score (nSPS) is 19.3. The highest BCUT2D eigenvalue weighted by molar-refractivity contribution is 7.17. The van der Waals surface area contributed by atoms with Crippen LogP contribution in [0.15, 0.2) is 70.8 Å². The molecule has 4 N–H and O–H groups in total. The maximum Gasteiger partial charge on any atom is 0.319 e. The van der Waals surface area contributed by atoms with Gasteiger partial charge in [-0.05, 0) is 92.5 Å². The number of rotatable bonds is 9. The summed E-state index contributed by atoms with van der Waals surface area (Å²) in [5, 5.41) is 60.3. The van der Waals surface area contributed by atoms with Crippen molar-refractivity contribution in [1.82, 2.24) is 34.7 Å². The van der Waals surface area contributed by atoms with Crippen LogP contribution in [0.5, 0.6) is 17.5 Å². The number of phenols is 2. The first-order chi connectivity index (χ1) is 29.3. The van der Waals surface area contributed by atoms with Crippen molar-refractivity contribution in [2.45, 2.75) is 66.1 Å². The summed E-state index contributed by atoms with van der Waals surface area (Å²) in [6.45, 7) is 17.8. The Labute approximate surface area is 365 Å². The standard InChI is InChI=1S/C45H52ClN11O3S/c1-26(2)35-22-36(38(59)23-37(35)58)42-49-50-45(60)56(42)34-12-6-30(7-13-34)24-52-18-20-53(21-19-52)25-31-14-16-54(17-15-31)57-43-41(47)55(29(5)51-57)44-39(27(3)28(4)61-44)40(48-43)32-8-10-33(46)11-9-32/h6-13,22-23,26,31,43,47,58-59H,14-21,24-25H2,1-5H3,(H,50,60)/t43-/m0/s1. The first-order valence-corrected chi connectivity index (χ1v) is 22.2. The Hall–Kier alpha value is -5.32. The average molecular weight is 863 g/mol. The van der Waals surface area contributed by atoms with Gasteiger partial charge < -0.3 is 20.2 Å². The van der Waals surface area contributed by atoms with E-state index in [1.165, 1.54) is 26.6 Å². The van der Waals surface area contributed by atoms with Gasteiger partial charge in [0, 0.05) is 79.5 Å². The van der Waals surface area contributed by atoms with Crippen molar-refractivity contribution in [3.05, 3.63) is 98.4 Å². The number of anilines is 1. The van der Waals surface area contributed by atoms with Gasteiger partial charge in [0.15, 0.2) is 11.7 Å². The first-order valence-electron chi connectivity index (χ1n) is 21.0. The number of nitrogens with zero attached hydrogens (tertiary/aromatic N) is 10. The van der Waals surface area contributed by atoms with E-state index in [1.807, 2.05) is 67.2 Å². The van der Waals surface area contributed by atoms with Gasteiger partial charge in [0.25, 0.3) is 0 Å². The zero-order chi connectivity index (χ0) is 42.7. The molecule has 2 saturated heterocycles. The summed E-state index contributed by atoms with van der Waals surface area (Å²) in [7, 11) is 0. The fourth-order valence-corrected chi connectivity index (χ4v) is 10.4. The topological polar surface area (TPSA) is 156 Å². The molecule has 2 aromatic heterocycles. The van der Waals surface area contributed by atoms with Gasteiger partial charge in [-0.3, -0.25) is 15.2 Å². The maximum absolute atomic E-state index is 10.7. The Kier molecular flexibility index (Phi) is 11.1. The molecule has 0 aliphatic carbocycles. The van der Waals surface area contributed by atoms with Gasteiger partial charge >= 0.3 is 6.01 Å². The molecule has 3 aromatic carbocycles. The number of hydrazone groups is 1. The minimum Gasteiger partial charge on any atom is -0.508 e. The Balaban J connectivity index is 0.808. The molecule has 2 fully saturated rings. The van der Waals surface area contributed by atoms with E-state index in [0.717, 1.165) is 92.9 Å². The number of halogens is 1. The second-order valence-electron chi connectivity index (χ2n) is 16.9. The number of hydrazine groups is 1. The van der Waals surface area contributed by atoms with Crippen LogP contribution in [0.4, 0.5) is 5.00 Å². The number of aliphatic imine (C=N–C) groups is 1. The van der Waals surface area contributed by atoms with E-state index in [-0.39, 0.29) is 23.4 Å². The van der Waals surface area contributed by atoms with Crippen molar-refractivity contribution in [1.29, 1.82) is 5.41 Å². The van der Waals surface area contributed by atoms with E-state index in [1.54, 1.807) is 17.4 Å². The number of phenolic OH excluding ortho intramolecular Hbond substituents is 2. The molecule has 16 heteroatoms. The molecule has 0 unspecified atom stereocenters. The van der Waals surface area contributed by atoms with Crippen molar-refractivity contribution < 1.29 is 15.3 Å². The number of piperazine rings is 1. The van der Waals surface area contributed by atoms with Crippen LogP contribution in [0, 0.1) is 25.2 Å². The Morgan fingerprint density at radius 1 is 0.852 bits per heavy atom. The number of aromatic nitrogens is 3. The van der Waals surface area contributed by atoms with Crippen LogP contribution in [0.3, 0.4) is 0 Å². The molecular weight excluding hydrogens is 810 g/mol. The van der Waals surface area contributed by atoms with Crippen LogP contribution in [0.2, 0.25) is 5.02 Å². The van der Waals surface area contributed by atoms with E-state index < -0.39 is 6.17 Å². The van der Waals surface area contributed by atoms with Crippen molar-refractivity contribution in [2.75, 3.05) is 50.7 Å². The summed E-state index contributed by atoms with van der Waals surface area (Å²) < 4.78 is 1.51. The van der Waals surface area contributed by atoms with Crippen LogP contribution in [0.25, 0.3) is 17.1 Å². The largest absolute Gasteiger partial charge is 0.508 e. The molecule has 4 aliphatic rings. The lowest BCUT2D eigenvalue weighted by atomic mass is 9.96. The second kappa shape index (κ2) is 16.5. The van der Waals surface area contributed by atoms with Gasteiger partial charge in [-0.15, -0.1) is 21.5 Å². The number of aryl methyl sites for hydroxylation is 1. The summed E-state index contributed by atoms with van der Waals surface area (Å²) in [4.78, 5) is 13.6. The number of hydrogen-bond donors (Lipinski definition) is 4. The van der Waals surface area contributed by atoms with Crippen LogP contribution >= 0.6 is 22.9 Å². The summed E-state index contributed by atoms with van der Waals surface area (Å²) in [6.07, 6.45) is 1.53. The lowest BCUT2D eigenvalue weighted by Gasteiger charge is -2.45. The van der Waals surface area contributed by atoms with Gasteiger partial charge in [-0.1, -0.05) is 54.8 Å². The smallest absolute Gasteiger partial charge is 0.319 e. The predicted octanol–water partition coefficient (Wildman–Crippen LogP) is 7.56. The molecule has 318 valence electrons. The fourth-order valence-electron chi connectivity index (χ4n) is 9.03. The van der Waals surface area contributed by atoms with Crippen molar-refractivity contribution in [2.24, 2.45) is 16.0 Å². The number of thiophene rings is 1. The third kappa shape index (κ3) is 7.78. The fraction of sp³-hybridized carbons (Fsp3) is 0.400. The monoisotopic (exact) mass is 861 g/mol. The van der Waals surface area contributed by atoms with Gasteiger partial charge in [0.2, 0.25) is 6.17 Å². The number of benzene rings is 3. The summed E-state index contributed by atoms with van der Waals surface area (Å²) in [5.41, 5.74) is 7.00. The highest BCUT2D eigenvalue weighted by Gasteiger charge is 2.42. The lowest BCUT2D eigenvalue weighted by Crippen LogP contribution is -2.59. The number of aromatic hydroxyl groups is 3. The lowest BCUT2D eigenvalue weighted by molar-refractivity contribution is -0.0660. The molecule has 0 amide bonds. The highest BCUT2D eigenvalue weighted by Crippen LogP contribution is 2.43. The molecule has 6 heterocycles. The Morgan fingerprint density at radius 3 is 2.23 bits per heavy atom. The molecule has 5 aromatic rings. The molecule has 0 spiro atoms. The maximum atomic E-state index is 10.7. The van der Waals surface area contributed by atoms with Gasteiger partial charge in [-0.25, -0.2) is 14.6 Å². The zero-order valence-electron chi connectivity index (χ0n) is 35.2. The molecule has 61 heavy (non-hydrogen) atoms. The summed E-state index contributed by atoms with van der Waals surface area (Å²) in [6, 6.07) is 18.6. The second-order valence-corrected chi connectivity index (χ2v) is 18.5. The minimum absolute atomic E-state index is 0.0136. The van der Waals surface area contributed by atoms with Crippen molar-refractivity contribution in [3.63, 3.8) is 0 Å². The Bertz CT molecular complexity index is 2520. The quantitative estimate of drug-likeness (QED) is 0.117. The molecule has 14 nitrogen and oxygen atoms in total. The molecule has 2 bridgehead atoms. The van der Waals surface area contributed by atoms with Crippen molar-refractivity contribution in [3.8, 4) is 34.6 Å². The molecule has 4 aliphatic heterocycles.